The van der Waals surface area contributed by atoms with Gasteiger partial charge in [-0.25, -0.2) is 9.97 Å². The minimum absolute atomic E-state index is 0.108. The molecule has 114 valence electrons. The first-order valence-electron chi connectivity index (χ1n) is 7.78. The summed E-state index contributed by atoms with van der Waals surface area (Å²) < 4.78 is 5.31. The molecule has 0 bridgehead atoms. The number of carbonyl (C=O) groups excluding carboxylic acids is 1. The van der Waals surface area contributed by atoms with Gasteiger partial charge < -0.3 is 15.0 Å². The quantitative estimate of drug-likeness (QED) is 0.911. The fourth-order valence-electron chi connectivity index (χ4n) is 2.90. The maximum Gasteiger partial charge on any atom is 0.271 e. The standard InChI is InChI=1S/C15H22N4O2/c20-15(18-12-4-2-1-3-5-12)13-10-17-14(11-16-13)19-6-8-21-9-7-19/h10-12H,1-9H2,(H,18,20). The van der Waals surface area contributed by atoms with Crippen molar-refractivity contribution in [2.75, 3.05) is 31.2 Å². The zero-order valence-corrected chi connectivity index (χ0v) is 12.3. The Balaban J connectivity index is 1.58. The lowest BCUT2D eigenvalue weighted by atomic mass is 9.95. The van der Waals surface area contributed by atoms with Crippen molar-refractivity contribution in [2.45, 2.75) is 38.1 Å². The fourth-order valence-corrected chi connectivity index (χ4v) is 2.90. The van der Waals surface area contributed by atoms with Crippen molar-refractivity contribution in [3.05, 3.63) is 18.1 Å². The summed E-state index contributed by atoms with van der Waals surface area (Å²) in [5, 5.41) is 3.06. The summed E-state index contributed by atoms with van der Waals surface area (Å²) in [6.07, 6.45) is 9.08. The largest absolute Gasteiger partial charge is 0.378 e. The van der Waals surface area contributed by atoms with Crippen LogP contribution in [0.4, 0.5) is 5.82 Å². The Labute approximate surface area is 124 Å². The number of carbonyl (C=O) groups is 1. The first kappa shape index (κ1) is 14.3. The molecule has 6 nitrogen and oxygen atoms in total. The third-order valence-electron chi connectivity index (χ3n) is 4.15. The Morgan fingerprint density at radius 3 is 2.57 bits per heavy atom. The zero-order chi connectivity index (χ0) is 14.5. The predicted octanol–water partition coefficient (Wildman–Crippen LogP) is 1.38. The maximum absolute atomic E-state index is 12.2. The van der Waals surface area contributed by atoms with Crippen LogP contribution in [0.15, 0.2) is 12.4 Å². The minimum atomic E-state index is -0.108. The van der Waals surface area contributed by atoms with E-state index in [4.69, 9.17) is 4.74 Å². The molecule has 0 aromatic carbocycles. The number of nitrogens with zero attached hydrogens (tertiary/aromatic N) is 3. The van der Waals surface area contributed by atoms with Crippen LogP contribution in [-0.2, 0) is 4.74 Å². The fraction of sp³-hybridized carbons (Fsp3) is 0.667. The molecule has 1 aliphatic carbocycles. The molecule has 1 aliphatic heterocycles. The van der Waals surface area contributed by atoms with Crippen molar-refractivity contribution in [2.24, 2.45) is 0 Å². The van der Waals surface area contributed by atoms with E-state index in [2.05, 4.69) is 20.2 Å². The van der Waals surface area contributed by atoms with Crippen LogP contribution in [-0.4, -0.2) is 48.2 Å². The SMILES string of the molecule is O=C(NC1CCCCC1)c1cnc(N2CCOCC2)cn1. The van der Waals surface area contributed by atoms with Gasteiger partial charge in [-0.3, -0.25) is 4.79 Å². The first-order chi connectivity index (χ1) is 10.3. The highest BCUT2D eigenvalue weighted by molar-refractivity contribution is 5.92. The molecular weight excluding hydrogens is 268 g/mol. The molecule has 0 radical (unpaired) electrons. The third kappa shape index (κ3) is 3.69. The second-order valence-corrected chi connectivity index (χ2v) is 5.67. The molecule has 3 rings (SSSR count). The van der Waals surface area contributed by atoms with Gasteiger partial charge in [0, 0.05) is 19.1 Å². The molecule has 1 saturated heterocycles. The highest BCUT2D eigenvalue weighted by Crippen LogP contribution is 2.18. The van der Waals surface area contributed by atoms with Crippen LogP contribution in [0.1, 0.15) is 42.6 Å². The maximum atomic E-state index is 12.2. The molecular formula is C15H22N4O2. The van der Waals surface area contributed by atoms with Gasteiger partial charge in [0.1, 0.15) is 11.5 Å². The molecule has 2 fully saturated rings. The topological polar surface area (TPSA) is 67.4 Å². The number of amides is 1. The molecule has 1 aromatic heterocycles. The van der Waals surface area contributed by atoms with Gasteiger partial charge in [0.15, 0.2) is 0 Å². The second kappa shape index (κ2) is 6.85. The lowest BCUT2D eigenvalue weighted by Crippen LogP contribution is -2.38. The number of hydrogen-bond donors (Lipinski definition) is 1. The number of nitrogens with one attached hydrogen (secondary N) is 1. The molecule has 2 aliphatic rings. The van der Waals surface area contributed by atoms with Crippen molar-refractivity contribution < 1.29 is 9.53 Å². The van der Waals surface area contributed by atoms with E-state index in [1.807, 2.05) is 0 Å². The van der Waals surface area contributed by atoms with E-state index >= 15 is 0 Å². The Morgan fingerprint density at radius 2 is 1.90 bits per heavy atom. The summed E-state index contributed by atoms with van der Waals surface area (Å²) in [6, 6.07) is 0.298. The highest BCUT2D eigenvalue weighted by Gasteiger charge is 2.18. The van der Waals surface area contributed by atoms with Crippen LogP contribution in [0.5, 0.6) is 0 Å². The van der Waals surface area contributed by atoms with Crippen LogP contribution in [0, 0.1) is 0 Å². The first-order valence-corrected chi connectivity index (χ1v) is 7.78. The Bertz CT molecular complexity index is 465. The number of aromatic nitrogens is 2. The molecule has 1 N–H and O–H groups in total. The van der Waals surface area contributed by atoms with E-state index in [9.17, 15) is 4.79 Å². The van der Waals surface area contributed by atoms with Crippen LogP contribution in [0.3, 0.4) is 0 Å². The normalized spacial score (nSPS) is 20.3. The van der Waals surface area contributed by atoms with Crippen molar-refractivity contribution >= 4 is 11.7 Å². The zero-order valence-electron chi connectivity index (χ0n) is 12.3. The average Bonchev–Trinajstić information content (AvgIpc) is 2.57. The summed E-state index contributed by atoms with van der Waals surface area (Å²) >= 11 is 0. The molecule has 6 heteroatoms. The van der Waals surface area contributed by atoms with Gasteiger partial charge in [0.25, 0.3) is 5.91 Å². The van der Waals surface area contributed by atoms with E-state index in [0.717, 1.165) is 31.7 Å². The number of hydrogen-bond acceptors (Lipinski definition) is 5. The number of anilines is 1. The minimum Gasteiger partial charge on any atom is -0.378 e. The van der Waals surface area contributed by atoms with Crippen molar-refractivity contribution in [1.29, 1.82) is 0 Å². The van der Waals surface area contributed by atoms with Crippen LogP contribution < -0.4 is 10.2 Å². The third-order valence-corrected chi connectivity index (χ3v) is 4.15. The summed E-state index contributed by atoms with van der Waals surface area (Å²) in [7, 11) is 0. The van der Waals surface area contributed by atoms with E-state index in [1.165, 1.54) is 19.3 Å². The lowest BCUT2D eigenvalue weighted by molar-refractivity contribution is 0.0922. The number of morpholine rings is 1. The smallest absolute Gasteiger partial charge is 0.271 e. The highest BCUT2D eigenvalue weighted by atomic mass is 16.5. The molecule has 0 atom stereocenters. The Hall–Kier alpha value is -1.69. The molecule has 21 heavy (non-hydrogen) atoms. The van der Waals surface area contributed by atoms with Gasteiger partial charge in [0.05, 0.1) is 25.6 Å². The van der Waals surface area contributed by atoms with Gasteiger partial charge in [0.2, 0.25) is 0 Å². The Morgan fingerprint density at radius 1 is 1.14 bits per heavy atom. The second-order valence-electron chi connectivity index (χ2n) is 5.67. The summed E-state index contributed by atoms with van der Waals surface area (Å²) in [5.41, 5.74) is 0.401. The van der Waals surface area contributed by atoms with Crippen molar-refractivity contribution in [3.63, 3.8) is 0 Å². The van der Waals surface area contributed by atoms with Crippen LogP contribution in [0.2, 0.25) is 0 Å². The van der Waals surface area contributed by atoms with E-state index in [-0.39, 0.29) is 5.91 Å². The molecule has 2 heterocycles. The predicted molar refractivity (Wildman–Crippen MR) is 79.4 cm³/mol. The van der Waals surface area contributed by atoms with Gasteiger partial charge in [-0.05, 0) is 12.8 Å². The van der Waals surface area contributed by atoms with Crippen LogP contribution in [0.25, 0.3) is 0 Å². The molecule has 1 saturated carbocycles. The monoisotopic (exact) mass is 290 g/mol. The Kier molecular flexibility index (Phi) is 4.65. The molecule has 0 spiro atoms. The average molecular weight is 290 g/mol. The van der Waals surface area contributed by atoms with Gasteiger partial charge in [-0.2, -0.15) is 0 Å². The number of ether oxygens (including phenoxy) is 1. The van der Waals surface area contributed by atoms with Crippen molar-refractivity contribution in [3.8, 4) is 0 Å². The molecule has 0 unspecified atom stereocenters. The molecule has 1 amide bonds. The summed E-state index contributed by atoms with van der Waals surface area (Å²) in [4.78, 5) is 22.9. The summed E-state index contributed by atoms with van der Waals surface area (Å²) in [5.74, 6) is 0.704. The number of rotatable bonds is 3. The van der Waals surface area contributed by atoms with Crippen LogP contribution >= 0.6 is 0 Å². The van der Waals surface area contributed by atoms with Gasteiger partial charge in [-0.15, -0.1) is 0 Å². The van der Waals surface area contributed by atoms with Crippen molar-refractivity contribution in [1.82, 2.24) is 15.3 Å². The van der Waals surface area contributed by atoms with Gasteiger partial charge >= 0.3 is 0 Å². The van der Waals surface area contributed by atoms with E-state index in [1.54, 1.807) is 12.4 Å². The van der Waals surface area contributed by atoms with E-state index in [0.29, 0.717) is 24.9 Å². The van der Waals surface area contributed by atoms with E-state index < -0.39 is 0 Å². The van der Waals surface area contributed by atoms with Gasteiger partial charge in [-0.1, -0.05) is 19.3 Å². The summed E-state index contributed by atoms with van der Waals surface area (Å²) in [6.45, 7) is 3.07. The lowest BCUT2D eigenvalue weighted by Gasteiger charge is -2.27. The molecule has 1 aromatic rings.